The molecule has 28 nitrogen and oxygen atoms in total. The minimum absolute atomic E-state index is 0.0317. The highest BCUT2D eigenvalue weighted by molar-refractivity contribution is 5.96. The van der Waals surface area contributed by atoms with Gasteiger partial charge in [-0.2, -0.15) is 0 Å². The van der Waals surface area contributed by atoms with Gasteiger partial charge in [0.05, 0.1) is 58.6 Å². The van der Waals surface area contributed by atoms with Crippen molar-refractivity contribution in [3.8, 4) is 22.5 Å². The van der Waals surface area contributed by atoms with Crippen molar-refractivity contribution < 1.29 is 81.8 Å². The van der Waals surface area contributed by atoms with Crippen molar-refractivity contribution in [1.29, 1.82) is 0 Å². The molecule has 0 unspecified atom stereocenters. The Morgan fingerprint density at radius 2 is 1.52 bits per heavy atom. The number of primary amides is 2. The topological polar surface area (TPSA) is 422 Å². The number of nitrogens with two attached hydrogens (primary N) is 2. The van der Waals surface area contributed by atoms with E-state index in [9.17, 15) is 63.3 Å². The number of benzene rings is 3. The number of hydrogen-bond donors (Lipinski definition) is 12. The number of fused-ring (bicyclic) bond motifs is 8. The van der Waals surface area contributed by atoms with Gasteiger partial charge in [-0.15, -0.1) is 0 Å². The number of aromatic nitrogens is 2. The molecule has 5 aliphatic carbocycles. The molecule has 4 fully saturated rings. The SMILES string of the molecule is CC[C@@]1(O)C(=O)OCc2c1cc1n(c2=O)Cc2c-1nc1cc(F)c(C)c3c1c2[C@@H](NC(=O)C12CC(OCNC(=O)[C@H](CCCNC(N)=O)NC(=O)[C@@H](NC(=O)[C@H](CCC(=O)NC[C@H]4O[C@@H](CC(N)=O)[C@H](O)[C@@H]4O)NC(=O)OCC4c5ccccc5-c5ccccc54)C(C)C)(C1)C2)CC3. The zero-order chi connectivity index (χ0) is 69.9. The van der Waals surface area contributed by atoms with Crippen molar-refractivity contribution in [2.45, 2.75) is 177 Å². The van der Waals surface area contributed by atoms with Gasteiger partial charge in [-0.05, 0) is 116 Å². The fraction of sp³-hybridized carbons (Fsp3) is 0.493. The zero-order valence-corrected chi connectivity index (χ0v) is 54.6. The summed E-state index contributed by atoms with van der Waals surface area (Å²) in [5.74, 6) is -6.36. The standard InChI is InChI=1S/C69H80FN11O17/c1-5-69(94)42-21-48-56-39(25-81(48)62(89)41(42)27-95-64(69)91)54-44(17-16-34-33(4)43(70)22-47(76-56)53(34)54)78-63(90)67-28-68(29-67,30-67)97-31-75-59(86)45(15-10-20-73-65(72)92)77-61(88)55(32(2)3)80-60(87)46(18-19-52(83)74-24-50-58(85)57(84)49(98-50)23-51(71)82)79-66(93)96-26-40-37-13-8-6-11-35(37)36-12-7-9-14-38(36)40/h6-9,11-14,21-22,32,40,44-46,49-50,55,57-58,84-85,94H,5,10,15-20,23-31H2,1-4H3,(H2,71,82)(H,74,83)(H,75,86)(H,77,88)(H,78,90)(H,79,93)(H,80,87)(H3,72,73,92)/t44-,45-,46-,49-,50+,55-,57-,58+,67?,68?,69-/m0/s1. The quantitative estimate of drug-likeness (QED) is 0.0210. The summed E-state index contributed by atoms with van der Waals surface area (Å²) in [5, 5.41) is 52.2. The van der Waals surface area contributed by atoms with E-state index in [0.717, 1.165) is 27.8 Å². The number of carbonyl (C=O) groups is 9. The molecule has 14 N–H and O–H groups in total. The Kier molecular flexibility index (Phi) is 19.0. The first-order chi connectivity index (χ1) is 46.7. The van der Waals surface area contributed by atoms with Crippen molar-refractivity contribution in [1.82, 2.24) is 46.8 Å². The number of nitrogens with one attached hydrogen (secondary N) is 7. The Balaban J connectivity index is 0.687. The first kappa shape index (κ1) is 68.5. The van der Waals surface area contributed by atoms with Crippen LogP contribution in [-0.2, 0) is 77.7 Å². The number of carbonyl (C=O) groups excluding carboxylic acids is 9. The van der Waals surface area contributed by atoms with Crippen molar-refractivity contribution in [2.75, 3.05) is 26.4 Å². The molecule has 2 aromatic heterocycles. The highest BCUT2D eigenvalue weighted by Gasteiger charge is 2.73. The second-order valence-electron chi connectivity index (χ2n) is 27.2. The lowest BCUT2D eigenvalue weighted by Gasteiger charge is -2.68. The summed E-state index contributed by atoms with van der Waals surface area (Å²) in [6.45, 7) is 5.60. The molecular formula is C69H80FN11O17. The Labute approximate surface area is 561 Å². The molecule has 9 amide bonds. The summed E-state index contributed by atoms with van der Waals surface area (Å²) >= 11 is 0. The van der Waals surface area contributed by atoms with E-state index in [1.807, 2.05) is 48.5 Å². The van der Waals surface area contributed by atoms with Gasteiger partial charge < -0.3 is 87.5 Å². The number of alkyl carbamates (subject to hydrolysis) is 1. The number of aliphatic hydroxyl groups is 3. The smallest absolute Gasteiger partial charge is 0.407 e. The molecule has 9 atom stereocenters. The fourth-order valence-electron chi connectivity index (χ4n) is 15.3. The second-order valence-corrected chi connectivity index (χ2v) is 27.2. The van der Waals surface area contributed by atoms with Crippen molar-refractivity contribution in [3.63, 3.8) is 0 Å². The van der Waals surface area contributed by atoms with Crippen LogP contribution >= 0.6 is 0 Å². The Morgan fingerprint density at radius 1 is 0.837 bits per heavy atom. The van der Waals surface area contributed by atoms with E-state index in [4.69, 9.17) is 35.4 Å². The van der Waals surface area contributed by atoms with Gasteiger partial charge in [0.2, 0.25) is 35.4 Å². The molecule has 2 bridgehead atoms. The molecule has 3 aliphatic heterocycles. The monoisotopic (exact) mass is 1350 g/mol. The predicted octanol–water partition coefficient (Wildman–Crippen LogP) is 1.89. The van der Waals surface area contributed by atoms with Crippen LogP contribution in [0.15, 0.2) is 65.5 Å². The van der Waals surface area contributed by atoms with Crippen LogP contribution in [0.5, 0.6) is 0 Å². The second kappa shape index (κ2) is 27.1. The third-order valence-electron chi connectivity index (χ3n) is 20.6. The van der Waals surface area contributed by atoms with Gasteiger partial charge >= 0.3 is 18.1 Å². The molecule has 29 heteroatoms. The number of urea groups is 1. The first-order valence-electron chi connectivity index (χ1n) is 33.1. The summed E-state index contributed by atoms with van der Waals surface area (Å²) in [4.78, 5) is 140. The van der Waals surface area contributed by atoms with E-state index >= 15 is 4.39 Å². The molecule has 520 valence electrons. The summed E-state index contributed by atoms with van der Waals surface area (Å²) < 4.78 is 40.0. The van der Waals surface area contributed by atoms with E-state index in [1.54, 1.807) is 33.8 Å². The maximum Gasteiger partial charge on any atom is 0.407 e. The number of aliphatic hydroxyl groups excluding tert-OH is 2. The fourth-order valence-corrected chi connectivity index (χ4v) is 15.3. The Bertz CT molecular complexity index is 4120. The number of halogens is 1. The number of esters is 1. The molecule has 3 saturated carbocycles. The van der Waals surface area contributed by atoms with Crippen LogP contribution in [0.4, 0.5) is 14.0 Å². The van der Waals surface area contributed by atoms with E-state index < -0.39 is 137 Å². The molecule has 1 saturated heterocycles. The third-order valence-corrected chi connectivity index (χ3v) is 20.6. The van der Waals surface area contributed by atoms with Crippen LogP contribution in [0, 0.1) is 24.1 Å². The van der Waals surface area contributed by atoms with Crippen LogP contribution in [0.3, 0.4) is 0 Å². The molecular weight excluding hydrogens is 1270 g/mol. The largest absolute Gasteiger partial charge is 0.458 e. The minimum atomic E-state index is -2.07. The third kappa shape index (κ3) is 12.8. The van der Waals surface area contributed by atoms with Gasteiger partial charge in [-0.3, -0.25) is 33.6 Å². The molecule has 98 heavy (non-hydrogen) atoms. The number of rotatable bonds is 26. The molecule has 13 rings (SSSR count). The number of pyridine rings is 2. The van der Waals surface area contributed by atoms with E-state index in [1.165, 1.54) is 10.6 Å². The van der Waals surface area contributed by atoms with Gasteiger partial charge in [0.1, 0.15) is 62.2 Å². The number of hydrogen-bond acceptors (Lipinski definition) is 18. The number of cyclic esters (lactones) is 1. The van der Waals surface area contributed by atoms with Crippen molar-refractivity contribution in [3.05, 3.63) is 121 Å². The lowest BCUT2D eigenvalue weighted by Crippen LogP contribution is -2.73. The van der Waals surface area contributed by atoms with Crippen molar-refractivity contribution >= 4 is 64.4 Å². The molecule has 0 spiro atoms. The van der Waals surface area contributed by atoms with Gasteiger partial charge in [0.15, 0.2) is 5.60 Å². The van der Waals surface area contributed by atoms with Crippen LogP contribution in [0.25, 0.3) is 33.4 Å². The number of aryl methyl sites for hydroxylation is 1. The highest BCUT2D eigenvalue weighted by atomic mass is 19.1. The zero-order valence-electron chi connectivity index (χ0n) is 54.6. The van der Waals surface area contributed by atoms with Crippen LogP contribution < -0.4 is 54.2 Å². The van der Waals surface area contributed by atoms with Crippen molar-refractivity contribution in [2.24, 2.45) is 22.8 Å². The number of ether oxygens (including phenoxy) is 4. The Hall–Kier alpha value is -9.42. The van der Waals surface area contributed by atoms with Gasteiger partial charge in [-0.1, -0.05) is 69.3 Å². The maximum atomic E-state index is 15.6. The number of amides is 9. The average Bonchev–Trinajstić information content (AvgIpc) is 0.780. The molecule has 5 heterocycles. The van der Waals surface area contributed by atoms with Gasteiger partial charge in [0.25, 0.3) is 5.56 Å². The lowest BCUT2D eigenvalue weighted by atomic mass is 9.40. The molecule has 5 aromatic rings. The lowest BCUT2D eigenvalue weighted by molar-refractivity contribution is -0.276. The van der Waals surface area contributed by atoms with E-state index in [0.29, 0.717) is 71.1 Å². The van der Waals surface area contributed by atoms with E-state index in [2.05, 4.69) is 37.2 Å². The highest BCUT2D eigenvalue weighted by Crippen LogP contribution is 2.69. The summed E-state index contributed by atoms with van der Waals surface area (Å²) in [5.41, 5.74) is 14.2. The number of nitrogens with zero attached hydrogens (tertiary/aromatic N) is 2. The van der Waals surface area contributed by atoms with E-state index in [-0.39, 0.29) is 94.6 Å². The van der Waals surface area contributed by atoms with Crippen LogP contribution in [0.1, 0.15) is 141 Å². The first-order valence-corrected chi connectivity index (χ1v) is 33.1. The van der Waals surface area contributed by atoms with Crippen LogP contribution in [-0.4, -0.2) is 153 Å². The van der Waals surface area contributed by atoms with Gasteiger partial charge in [0, 0.05) is 48.0 Å². The molecule has 3 aromatic carbocycles. The minimum Gasteiger partial charge on any atom is -0.458 e. The predicted molar refractivity (Wildman–Crippen MR) is 346 cm³/mol. The summed E-state index contributed by atoms with van der Waals surface area (Å²) in [7, 11) is 0. The Morgan fingerprint density at radius 3 is 2.19 bits per heavy atom. The maximum absolute atomic E-state index is 15.6. The summed E-state index contributed by atoms with van der Waals surface area (Å²) in [6.07, 6.45) is -5.43. The summed E-state index contributed by atoms with van der Waals surface area (Å²) in [6, 6.07) is 12.8. The average molecular weight is 1350 g/mol. The van der Waals surface area contributed by atoms with Crippen LogP contribution in [0.2, 0.25) is 0 Å². The van der Waals surface area contributed by atoms with Gasteiger partial charge in [-0.25, -0.2) is 23.8 Å². The molecule has 0 radical (unpaired) electrons. The normalized spacial score (nSPS) is 24.3. The molecule has 8 aliphatic rings.